The predicted octanol–water partition coefficient (Wildman–Crippen LogP) is 4.06. The van der Waals surface area contributed by atoms with E-state index < -0.39 is 5.91 Å². The van der Waals surface area contributed by atoms with Gasteiger partial charge in [-0.05, 0) is 47.4 Å². The van der Waals surface area contributed by atoms with Gasteiger partial charge in [0.15, 0.2) is 0 Å². The molecule has 0 unspecified atom stereocenters. The van der Waals surface area contributed by atoms with Crippen molar-refractivity contribution < 1.29 is 14.3 Å². The van der Waals surface area contributed by atoms with Crippen LogP contribution in [0, 0.1) is 12.3 Å². The highest BCUT2D eigenvalue weighted by atomic mass is 16.5. The molecule has 6 bridgehead atoms. The van der Waals surface area contributed by atoms with Crippen LogP contribution < -0.4 is 10.6 Å². The van der Waals surface area contributed by atoms with Gasteiger partial charge in [0, 0.05) is 23.1 Å². The Morgan fingerprint density at radius 2 is 1.84 bits per heavy atom. The number of nitrogens with zero attached hydrogens (tertiary/aromatic N) is 2. The normalized spacial score (nSPS) is 14.7. The largest absolute Gasteiger partial charge is 0.373 e. The van der Waals surface area contributed by atoms with E-state index in [-0.39, 0.29) is 0 Å². The van der Waals surface area contributed by atoms with E-state index in [2.05, 4.69) is 32.6 Å². The van der Waals surface area contributed by atoms with Gasteiger partial charge in [0.1, 0.15) is 0 Å². The first-order chi connectivity index (χ1) is 15.7. The minimum Gasteiger partial charge on any atom is -0.373 e. The molecule has 3 aromatic rings. The molecule has 0 fully saturated rings. The number of carbonyl (C=O) groups excluding carboxylic acids is 1. The van der Waals surface area contributed by atoms with Crippen LogP contribution in [0.5, 0.6) is 0 Å². The molecule has 7 heteroatoms. The van der Waals surface area contributed by atoms with E-state index >= 15 is 0 Å². The van der Waals surface area contributed by atoms with Crippen molar-refractivity contribution in [2.45, 2.75) is 13.2 Å². The molecule has 1 amide bonds. The Balaban J connectivity index is 1.69. The second-order valence-electron chi connectivity index (χ2n) is 7.11. The molecule has 1 aliphatic heterocycles. The Morgan fingerprint density at radius 3 is 2.66 bits per heavy atom. The summed E-state index contributed by atoms with van der Waals surface area (Å²) in [6.07, 6.45) is 10.7. The summed E-state index contributed by atoms with van der Waals surface area (Å²) < 4.78 is 11.5. The third-order valence-electron chi connectivity index (χ3n) is 4.65. The second-order valence-corrected chi connectivity index (χ2v) is 7.11. The number of nitrogens with one attached hydrogen (secondary N) is 2. The van der Waals surface area contributed by atoms with Gasteiger partial charge in [-0.3, -0.25) is 4.79 Å². The lowest BCUT2D eigenvalue weighted by atomic mass is 10.1. The molecule has 7 nitrogen and oxygen atoms in total. The first-order valence-electron chi connectivity index (χ1n) is 10.1. The Hall–Kier alpha value is -3.99. The van der Waals surface area contributed by atoms with E-state index in [0.29, 0.717) is 43.8 Å². The first kappa shape index (κ1) is 21.2. The molecule has 32 heavy (non-hydrogen) atoms. The van der Waals surface area contributed by atoms with Crippen molar-refractivity contribution in [1.82, 2.24) is 9.97 Å². The van der Waals surface area contributed by atoms with Crippen LogP contribution in [0.15, 0.2) is 66.9 Å². The number of carbonyl (C=O) groups is 1. The molecular weight excluding hydrogens is 404 g/mol. The number of anilines is 3. The van der Waals surface area contributed by atoms with Gasteiger partial charge in [-0.15, -0.1) is 6.42 Å². The van der Waals surface area contributed by atoms with Gasteiger partial charge >= 0.3 is 0 Å². The standard InChI is InChI=1S/C25H22N4O3/c1-2-24(30)27-21-13-19-14-22(15-21)28-25-26-9-8-23(29-25)20-7-5-6-18(12-20)16-31-10-3-4-11-32-17-19/h1,3-9,12-15H,10-11,16-17H2,(H,27,30)(H,26,28,29)/b4-3+. The fraction of sp³-hybridized carbons (Fsp3) is 0.160. The summed E-state index contributed by atoms with van der Waals surface area (Å²) in [5, 5.41) is 5.89. The summed E-state index contributed by atoms with van der Waals surface area (Å²) in [4.78, 5) is 20.7. The summed E-state index contributed by atoms with van der Waals surface area (Å²) in [6.45, 7) is 1.79. The van der Waals surface area contributed by atoms with Gasteiger partial charge in [0.25, 0.3) is 5.91 Å². The zero-order valence-electron chi connectivity index (χ0n) is 17.4. The first-order valence-corrected chi connectivity index (χ1v) is 10.1. The van der Waals surface area contributed by atoms with Gasteiger partial charge < -0.3 is 20.1 Å². The average molecular weight is 426 g/mol. The average Bonchev–Trinajstić information content (AvgIpc) is 2.80. The lowest BCUT2D eigenvalue weighted by Gasteiger charge is -2.12. The minimum atomic E-state index is -0.524. The van der Waals surface area contributed by atoms with E-state index in [0.717, 1.165) is 22.4 Å². The number of ether oxygens (including phenoxy) is 2. The number of benzene rings is 2. The van der Waals surface area contributed by atoms with Gasteiger partial charge in [0.2, 0.25) is 5.95 Å². The van der Waals surface area contributed by atoms with Crippen LogP contribution in [0.3, 0.4) is 0 Å². The van der Waals surface area contributed by atoms with Gasteiger partial charge in [-0.1, -0.05) is 30.4 Å². The summed E-state index contributed by atoms with van der Waals surface area (Å²) in [7, 11) is 0. The molecule has 2 aromatic carbocycles. The Labute approximate surface area is 186 Å². The maximum atomic E-state index is 11.7. The van der Waals surface area contributed by atoms with Crippen LogP contribution in [0.2, 0.25) is 0 Å². The molecule has 0 saturated heterocycles. The van der Waals surface area contributed by atoms with Crippen molar-refractivity contribution in [1.29, 1.82) is 0 Å². The van der Waals surface area contributed by atoms with E-state index in [1.165, 1.54) is 0 Å². The quantitative estimate of drug-likeness (QED) is 0.451. The summed E-state index contributed by atoms with van der Waals surface area (Å²) in [6, 6.07) is 15.4. The lowest BCUT2D eigenvalue weighted by molar-refractivity contribution is -0.111. The zero-order valence-corrected chi connectivity index (χ0v) is 17.4. The monoisotopic (exact) mass is 426 g/mol. The minimum absolute atomic E-state index is 0.352. The molecule has 2 heterocycles. The highest BCUT2D eigenvalue weighted by molar-refractivity contribution is 6.03. The van der Waals surface area contributed by atoms with Crippen LogP contribution in [0.25, 0.3) is 11.3 Å². The van der Waals surface area contributed by atoms with Crippen molar-refractivity contribution in [3.63, 3.8) is 0 Å². The zero-order chi connectivity index (χ0) is 22.2. The number of rotatable bonds is 1. The predicted molar refractivity (Wildman–Crippen MR) is 123 cm³/mol. The highest BCUT2D eigenvalue weighted by Gasteiger charge is 2.08. The molecule has 0 aliphatic carbocycles. The maximum Gasteiger partial charge on any atom is 0.300 e. The van der Waals surface area contributed by atoms with Crippen LogP contribution in [-0.2, 0) is 27.5 Å². The molecule has 0 saturated carbocycles. The molecular formula is C25H22N4O3. The molecule has 0 radical (unpaired) electrons. The van der Waals surface area contributed by atoms with Gasteiger partial charge in [-0.25, -0.2) is 9.97 Å². The lowest BCUT2D eigenvalue weighted by Crippen LogP contribution is -2.09. The van der Waals surface area contributed by atoms with Crippen molar-refractivity contribution >= 4 is 23.2 Å². The maximum absolute atomic E-state index is 11.7. The van der Waals surface area contributed by atoms with Crippen molar-refractivity contribution in [3.8, 4) is 23.6 Å². The van der Waals surface area contributed by atoms with Crippen LogP contribution in [0.1, 0.15) is 11.1 Å². The van der Waals surface area contributed by atoms with Crippen molar-refractivity contribution in [3.05, 3.63) is 78.0 Å². The smallest absolute Gasteiger partial charge is 0.300 e. The van der Waals surface area contributed by atoms with Crippen LogP contribution in [-0.4, -0.2) is 29.1 Å². The topological polar surface area (TPSA) is 85.4 Å². The summed E-state index contributed by atoms with van der Waals surface area (Å²) in [5.74, 6) is 1.96. The fourth-order valence-corrected chi connectivity index (χ4v) is 3.24. The highest BCUT2D eigenvalue weighted by Crippen LogP contribution is 2.24. The van der Waals surface area contributed by atoms with Crippen LogP contribution >= 0.6 is 0 Å². The molecule has 0 atom stereocenters. The molecule has 2 N–H and O–H groups in total. The number of hydrogen-bond donors (Lipinski definition) is 2. The Bertz CT molecular complexity index is 1180. The molecule has 0 spiro atoms. The number of amides is 1. The summed E-state index contributed by atoms with van der Waals surface area (Å²) in [5.41, 5.74) is 4.93. The second kappa shape index (κ2) is 10.4. The SMILES string of the molecule is C#CC(=O)Nc1cc2cc(c1)Nc1nccc(n1)-c1cccc(c1)COC/C=C/COC2. The number of fused-ring (bicyclic) bond motifs is 7. The van der Waals surface area contributed by atoms with Crippen molar-refractivity contribution in [2.24, 2.45) is 0 Å². The Kier molecular flexibility index (Phi) is 6.88. The molecule has 1 aromatic heterocycles. The fourth-order valence-electron chi connectivity index (χ4n) is 3.24. The van der Waals surface area contributed by atoms with E-state index in [1.54, 1.807) is 12.3 Å². The number of hydrogen-bond acceptors (Lipinski definition) is 6. The third-order valence-corrected chi connectivity index (χ3v) is 4.65. The molecule has 4 rings (SSSR count). The third kappa shape index (κ3) is 5.79. The van der Waals surface area contributed by atoms with E-state index in [4.69, 9.17) is 15.9 Å². The van der Waals surface area contributed by atoms with Crippen LogP contribution in [0.4, 0.5) is 17.3 Å². The number of aromatic nitrogens is 2. The van der Waals surface area contributed by atoms with Crippen molar-refractivity contribution in [2.75, 3.05) is 23.8 Å². The number of terminal acetylenes is 1. The van der Waals surface area contributed by atoms with E-state index in [9.17, 15) is 4.79 Å². The molecule has 1 aliphatic rings. The van der Waals surface area contributed by atoms with E-state index in [1.807, 2.05) is 48.6 Å². The Morgan fingerprint density at radius 1 is 1.03 bits per heavy atom. The van der Waals surface area contributed by atoms with Gasteiger partial charge in [-0.2, -0.15) is 0 Å². The van der Waals surface area contributed by atoms with Gasteiger partial charge in [0.05, 0.1) is 32.1 Å². The summed E-state index contributed by atoms with van der Waals surface area (Å²) >= 11 is 0. The molecule has 160 valence electrons.